The summed E-state index contributed by atoms with van der Waals surface area (Å²) in [6.45, 7) is 1.95. The van der Waals surface area contributed by atoms with Crippen LogP contribution in [0.3, 0.4) is 0 Å². The van der Waals surface area contributed by atoms with Crippen molar-refractivity contribution in [2.24, 2.45) is 0 Å². The number of carbonyl (C=O) groups excluding carboxylic acids is 2. The molecule has 5 nitrogen and oxygen atoms in total. The second-order valence-corrected chi connectivity index (χ2v) is 6.48. The number of carbonyl (C=O) groups is 2. The molecule has 0 aliphatic carbocycles. The van der Waals surface area contributed by atoms with Gasteiger partial charge in [-0.1, -0.05) is 24.4 Å². The van der Waals surface area contributed by atoms with E-state index in [1.165, 1.54) is 0 Å². The van der Waals surface area contributed by atoms with Crippen LogP contribution in [0, 0.1) is 6.92 Å². The van der Waals surface area contributed by atoms with Crippen LogP contribution in [-0.2, 0) is 9.59 Å². The Labute approximate surface area is 130 Å². The summed E-state index contributed by atoms with van der Waals surface area (Å²) in [6, 6.07) is 5.30. The minimum atomic E-state index is -0.459. The summed E-state index contributed by atoms with van der Waals surface area (Å²) in [7, 11) is 0. The Morgan fingerprint density at radius 2 is 2.29 bits per heavy atom. The lowest BCUT2D eigenvalue weighted by Crippen LogP contribution is -2.52. The van der Waals surface area contributed by atoms with Crippen LogP contribution in [0.2, 0.25) is 0 Å². The third-order valence-corrected chi connectivity index (χ3v) is 4.67. The van der Waals surface area contributed by atoms with Crippen molar-refractivity contribution in [3.05, 3.63) is 28.8 Å². The summed E-state index contributed by atoms with van der Waals surface area (Å²) >= 11 is 7.00. The molecule has 2 aromatic rings. The molecule has 1 saturated heterocycles. The van der Waals surface area contributed by atoms with Crippen molar-refractivity contribution in [2.75, 3.05) is 0 Å². The predicted octanol–water partition coefficient (Wildman–Crippen LogP) is 1.68. The van der Waals surface area contributed by atoms with Gasteiger partial charge in [-0.15, -0.1) is 11.3 Å². The zero-order chi connectivity index (χ0) is 15.0. The van der Waals surface area contributed by atoms with Gasteiger partial charge in [0.1, 0.15) is 11.0 Å². The Bertz CT molecular complexity index is 754. The van der Waals surface area contributed by atoms with Gasteiger partial charge >= 0.3 is 0 Å². The van der Waals surface area contributed by atoms with Gasteiger partial charge in [0.25, 0.3) is 0 Å². The Morgan fingerprint density at radius 1 is 1.48 bits per heavy atom. The number of amides is 2. The maximum Gasteiger partial charge on any atom is 0.249 e. The average molecular weight is 319 g/mol. The van der Waals surface area contributed by atoms with Gasteiger partial charge in [-0.2, -0.15) is 0 Å². The molecule has 7 heteroatoms. The average Bonchev–Trinajstić information content (AvgIpc) is 2.81. The molecule has 2 amide bonds. The lowest BCUT2D eigenvalue weighted by atomic mass is 10.1. The van der Waals surface area contributed by atoms with E-state index in [4.69, 9.17) is 12.2 Å². The number of benzene rings is 1. The van der Waals surface area contributed by atoms with Gasteiger partial charge in [0, 0.05) is 12.0 Å². The van der Waals surface area contributed by atoms with E-state index in [1.807, 2.05) is 25.1 Å². The number of imide groups is 1. The highest BCUT2D eigenvalue weighted by Gasteiger charge is 2.27. The summed E-state index contributed by atoms with van der Waals surface area (Å²) in [5.41, 5.74) is 1.78. The monoisotopic (exact) mass is 319 g/mol. The number of aromatic nitrogens is 1. The second-order valence-electron chi connectivity index (χ2n) is 4.86. The molecule has 0 saturated carbocycles. The van der Waals surface area contributed by atoms with E-state index in [-0.39, 0.29) is 11.8 Å². The van der Waals surface area contributed by atoms with E-state index in [2.05, 4.69) is 15.6 Å². The van der Waals surface area contributed by atoms with Crippen LogP contribution in [0.25, 0.3) is 10.2 Å². The van der Waals surface area contributed by atoms with Gasteiger partial charge in [0.05, 0.1) is 15.2 Å². The summed E-state index contributed by atoms with van der Waals surface area (Å²) in [5, 5.41) is 6.34. The normalized spacial score (nSPS) is 18.6. The van der Waals surface area contributed by atoms with Crippen LogP contribution in [0.4, 0.5) is 0 Å². The third-order valence-electron chi connectivity index (χ3n) is 3.31. The Hall–Kier alpha value is -1.86. The molecule has 2 heterocycles. The van der Waals surface area contributed by atoms with Gasteiger partial charge in [-0.25, -0.2) is 4.98 Å². The van der Waals surface area contributed by atoms with Gasteiger partial charge in [0.15, 0.2) is 0 Å². The number of hydrogen-bond donors (Lipinski definition) is 2. The molecular weight excluding hydrogens is 306 g/mol. The molecule has 1 aliphatic rings. The minimum absolute atomic E-state index is 0.232. The van der Waals surface area contributed by atoms with Crippen molar-refractivity contribution < 1.29 is 9.59 Å². The molecule has 108 valence electrons. The zero-order valence-corrected chi connectivity index (χ0v) is 12.9. The number of fused-ring (bicyclic) bond motifs is 1. The van der Waals surface area contributed by atoms with E-state index < -0.39 is 6.04 Å². The van der Waals surface area contributed by atoms with Crippen LogP contribution < -0.4 is 10.6 Å². The third kappa shape index (κ3) is 2.79. The van der Waals surface area contributed by atoms with Gasteiger partial charge in [-0.3, -0.25) is 14.9 Å². The fraction of sp³-hybridized carbons (Fsp3) is 0.286. The quantitative estimate of drug-likeness (QED) is 0.651. The first kappa shape index (κ1) is 14.1. The van der Waals surface area contributed by atoms with Gasteiger partial charge < -0.3 is 5.32 Å². The Morgan fingerprint density at radius 3 is 3.05 bits per heavy atom. The lowest BCUT2D eigenvalue weighted by Gasteiger charge is -2.23. The van der Waals surface area contributed by atoms with E-state index in [0.29, 0.717) is 17.8 Å². The molecule has 3 rings (SSSR count). The number of aryl methyl sites for hydroxylation is 1. The van der Waals surface area contributed by atoms with Crippen molar-refractivity contribution in [3.8, 4) is 0 Å². The van der Waals surface area contributed by atoms with Crippen molar-refractivity contribution in [1.29, 1.82) is 0 Å². The van der Waals surface area contributed by atoms with Crippen molar-refractivity contribution in [3.63, 3.8) is 0 Å². The smallest absolute Gasteiger partial charge is 0.249 e. The predicted molar refractivity (Wildman–Crippen MR) is 85.4 cm³/mol. The van der Waals surface area contributed by atoms with Gasteiger partial charge in [0.2, 0.25) is 11.8 Å². The van der Waals surface area contributed by atoms with E-state index >= 15 is 0 Å². The first-order chi connectivity index (χ1) is 10.0. The molecule has 1 aromatic carbocycles. The first-order valence-corrected chi connectivity index (χ1v) is 7.78. The molecule has 0 radical (unpaired) electrons. The molecule has 1 aliphatic heterocycles. The Balaban J connectivity index is 1.84. The summed E-state index contributed by atoms with van der Waals surface area (Å²) in [6.07, 6.45) is 0.790. The van der Waals surface area contributed by atoms with Crippen LogP contribution in [-0.4, -0.2) is 27.8 Å². The number of rotatable bonds is 2. The lowest BCUT2D eigenvalue weighted by molar-refractivity contribution is -0.134. The number of thiazole rings is 1. The molecule has 2 N–H and O–H groups in total. The van der Waals surface area contributed by atoms with Crippen molar-refractivity contribution in [1.82, 2.24) is 15.6 Å². The van der Waals surface area contributed by atoms with Crippen LogP contribution in [0.5, 0.6) is 0 Å². The number of nitrogens with one attached hydrogen (secondary N) is 2. The molecule has 1 atom stereocenters. The number of hydrogen-bond acceptors (Lipinski definition) is 5. The summed E-state index contributed by atoms with van der Waals surface area (Å²) in [5.74, 6) is -0.551. The van der Waals surface area contributed by atoms with Crippen LogP contribution >= 0.6 is 23.6 Å². The first-order valence-electron chi connectivity index (χ1n) is 6.55. The SMILES string of the molecule is Cc1nc2cccc(C(=S)NC3CCC(=O)NC3=O)c2s1. The highest BCUT2D eigenvalue weighted by atomic mass is 32.1. The fourth-order valence-corrected chi connectivity index (χ4v) is 3.62. The topological polar surface area (TPSA) is 71.1 Å². The second kappa shape index (κ2) is 5.50. The van der Waals surface area contributed by atoms with Gasteiger partial charge in [-0.05, 0) is 19.4 Å². The summed E-state index contributed by atoms with van der Waals surface area (Å²) in [4.78, 5) is 27.9. The highest BCUT2D eigenvalue weighted by Crippen LogP contribution is 2.25. The number of piperidine rings is 1. The molecule has 0 bridgehead atoms. The number of thiocarbonyl (C=S) groups is 1. The molecule has 21 heavy (non-hydrogen) atoms. The molecule has 0 spiro atoms. The molecule has 1 aromatic heterocycles. The maximum atomic E-state index is 11.8. The molecule has 1 fully saturated rings. The fourth-order valence-electron chi connectivity index (χ4n) is 2.31. The van der Waals surface area contributed by atoms with E-state index in [0.717, 1.165) is 20.8 Å². The van der Waals surface area contributed by atoms with Crippen LogP contribution in [0.15, 0.2) is 18.2 Å². The van der Waals surface area contributed by atoms with E-state index in [9.17, 15) is 9.59 Å². The zero-order valence-electron chi connectivity index (χ0n) is 11.3. The minimum Gasteiger partial charge on any atom is -0.364 e. The van der Waals surface area contributed by atoms with Crippen LogP contribution in [0.1, 0.15) is 23.4 Å². The highest BCUT2D eigenvalue weighted by molar-refractivity contribution is 7.80. The summed E-state index contributed by atoms with van der Waals surface area (Å²) < 4.78 is 1.01. The maximum absolute atomic E-state index is 11.8. The molecule has 1 unspecified atom stereocenters. The largest absolute Gasteiger partial charge is 0.364 e. The number of nitrogens with zero attached hydrogens (tertiary/aromatic N) is 1. The standard InChI is InChI=1S/C14H13N3O2S2/c1-7-15-9-4-2-3-8(12(9)21-7)14(20)16-10-5-6-11(18)17-13(10)19/h2-4,10H,5-6H2,1H3,(H,16,20)(H,17,18,19). The van der Waals surface area contributed by atoms with Crippen molar-refractivity contribution >= 4 is 50.6 Å². The van der Waals surface area contributed by atoms with Crippen molar-refractivity contribution in [2.45, 2.75) is 25.8 Å². The van der Waals surface area contributed by atoms with E-state index in [1.54, 1.807) is 11.3 Å². The Kier molecular flexibility index (Phi) is 3.69. The molecular formula is C14H13N3O2S2.